The largest absolute Gasteiger partial charge is 0.351 e. The normalized spacial score (nSPS) is 21.9. The van der Waals surface area contributed by atoms with E-state index in [9.17, 15) is 4.79 Å². The predicted octanol–water partition coefficient (Wildman–Crippen LogP) is 2.65. The van der Waals surface area contributed by atoms with Gasteiger partial charge in [-0.3, -0.25) is 4.79 Å². The molecule has 0 bridgehead atoms. The summed E-state index contributed by atoms with van der Waals surface area (Å²) in [4.78, 5) is 12.6. The highest BCUT2D eigenvalue weighted by Crippen LogP contribution is 2.31. The number of amides is 1. The summed E-state index contributed by atoms with van der Waals surface area (Å²) in [6.07, 6.45) is 4.00. The van der Waals surface area contributed by atoms with E-state index in [-0.39, 0.29) is 11.3 Å². The van der Waals surface area contributed by atoms with E-state index in [4.69, 9.17) is 0 Å². The SMILES string of the molecule is CCCC1(C(=O)NCc2ccccc2CC)CCNC1. The Balaban J connectivity index is 2.00. The summed E-state index contributed by atoms with van der Waals surface area (Å²) in [7, 11) is 0. The molecule has 1 aliphatic heterocycles. The Bertz CT molecular complexity index is 450. The van der Waals surface area contributed by atoms with Crippen LogP contribution in [0.25, 0.3) is 0 Å². The van der Waals surface area contributed by atoms with Gasteiger partial charge in [0, 0.05) is 13.1 Å². The molecule has 0 aliphatic carbocycles. The maximum Gasteiger partial charge on any atom is 0.227 e. The molecule has 110 valence electrons. The van der Waals surface area contributed by atoms with E-state index in [0.717, 1.165) is 38.8 Å². The fourth-order valence-corrected chi connectivity index (χ4v) is 3.18. The Kier molecular flexibility index (Phi) is 5.18. The van der Waals surface area contributed by atoms with Gasteiger partial charge in [-0.15, -0.1) is 0 Å². The molecule has 1 fully saturated rings. The number of hydrogen-bond acceptors (Lipinski definition) is 2. The van der Waals surface area contributed by atoms with Crippen LogP contribution in [0.3, 0.4) is 0 Å². The van der Waals surface area contributed by atoms with Gasteiger partial charge in [-0.25, -0.2) is 0 Å². The first kappa shape index (κ1) is 15.0. The van der Waals surface area contributed by atoms with Crippen molar-refractivity contribution in [3.05, 3.63) is 35.4 Å². The average Bonchev–Trinajstić information content (AvgIpc) is 2.95. The third-order valence-electron chi connectivity index (χ3n) is 4.39. The molecule has 1 aromatic rings. The summed E-state index contributed by atoms with van der Waals surface area (Å²) in [5, 5.41) is 6.50. The zero-order valence-corrected chi connectivity index (χ0v) is 12.7. The van der Waals surface area contributed by atoms with Crippen LogP contribution >= 0.6 is 0 Å². The second-order valence-corrected chi connectivity index (χ2v) is 5.76. The molecule has 1 amide bonds. The van der Waals surface area contributed by atoms with Crippen molar-refractivity contribution < 1.29 is 4.79 Å². The molecule has 0 spiro atoms. The maximum atomic E-state index is 12.6. The van der Waals surface area contributed by atoms with Crippen LogP contribution in [0.1, 0.15) is 44.2 Å². The van der Waals surface area contributed by atoms with Gasteiger partial charge in [0.2, 0.25) is 5.91 Å². The number of benzene rings is 1. The van der Waals surface area contributed by atoms with Crippen molar-refractivity contribution in [2.75, 3.05) is 13.1 Å². The Morgan fingerprint density at radius 2 is 2.05 bits per heavy atom. The predicted molar refractivity (Wildman–Crippen MR) is 82.5 cm³/mol. The molecular formula is C17H26N2O. The average molecular weight is 274 g/mol. The summed E-state index contributed by atoms with van der Waals surface area (Å²) in [5.41, 5.74) is 2.37. The van der Waals surface area contributed by atoms with Gasteiger partial charge in [0.15, 0.2) is 0 Å². The molecule has 1 unspecified atom stereocenters. The molecule has 3 nitrogen and oxygen atoms in total. The van der Waals surface area contributed by atoms with Gasteiger partial charge in [0.25, 0.3) is 0 Å². The standard InChI is InChI=1S/C17H26N2O/c1-3-9-17(10-11-18-13-17)16(20)19-12-15-8-6-5-7-14(15)4-2/h5-8,18H,3-4,9-13H2,1-2H3,(H,19,20). The Morgan fingerprint density at radius 1 is 1.30 bits per heavy atom. The van der Waals surface area contributed by atoms with E-state index in [1.807, 2.05) is 6.07 Å². The fraction of sp³-hybridized carbons (Fsp3) is 0.588. The van der Waals surface area contributed by atoms with E-state index in [1.54, 1.807) is 0 Å². The number of carbonyl (C=O) groups is 1. The highest BCUT2D eigenvalue weighted by atomic mass is 16.2. The Hall–Kier alpha value is -1.35. The summed E-state index contributed by atoms with van der Waals surface area (Å²) in [6.45, 7) is 6.73. The molecule has 1 aliphatic rings. The van der Waals surface area contributed by atoms with Crippen LogP contribution in [0.15, 0.2) is 24.3 Å². The van der Waals surface area contributed by atoms with E-state index in [2.05, 4.69) is 42.7 Å². The van der Waals surface area contributed by atoms with Crippen molar-refractivity contribution in [2.24, 2.45) is 5.41 Å². The number of rotatable bonds is 6. The van der Waals surface area contributed by atoms with Crippen LogP contribution in [0, 0.1) is 5.41 Å². The minimum Gasteiger partial charge on any atom is -0.351 e. The lowest BCUT2D eigenvalue weighted by Gasteiger charge is -2.26. The first-order valence-corrected chi connectivity index (χ1v) is 7.77. The maximum absolute atomic E-state index is 12.6. The number of hydrogen-bond donors (Lipinski definition) is 2. The lowest BCUT2D eigenvalue weighted by Crippen LogP contribution is -2.42. The van der Waals surface area contributed by atoms with Crippen LogP contribution in [0.5, 0.6) is 0 Å². The van der Waals surface area contributed by atoms with E-state index in [1.165, 1.54) is 11.1 Å². The van der Waals surface area contributed by atoms with Gasteiger partial charge < -0.3 is 10.6 Å². The fourth-order valence-electron chi connectivity index (χ4n) is 3.18. The van der Waals surface area contributed by atoms with Crippen molar-refractivity contribution in [1.29, 1.82) is 0 Å². The molecule has 2 rings (SSSR count). The first-order chi connectivity index (χ1) is 9.72. The number of nitrogens with one attached hydrogen (secondary N) is 2. The molecule has 3 heteroatoms. The van der Waals surface area contributed by atoms with Gasteiger partial charge in [-0.1, -0.05) is 44.5 Å². The molecule has 1 atom stereocenters. The van der Waals surface area contributed by atoms with E-state index in [0.29, 0.717) is 6.54 Å². The number of aryl methyl sites for hydroxylation is 1. The van der Waals surface area contributed by atoms with Crippen LogP contribution < -0.4 is 10.6 Å². The molecule has 1 heterocycles. The van der Waals surface area contributed by atoms with Crippen LogP contribution in [0.2, 0.25) is 0 Å². The van der Waals surface area contributed by atoms with E-state index < -0.39 is 0 Å². The third kappa shape index (κ3) is 3.21. The summed E-state index contributed by atoms with van der Waals surface area (Å²) in [5.74, 6) is 0.218. The lowest BCUT2D eigenvalue weighted by atomic mass is 9.81. The van der Waals surface area contributed by atoms with E-state index >= 15 is 0 Å². The highest BCUT2D eigenvalue weighted by molar-refractivity contribution is 5.83. The molecular weight excluding hydrogens is 248 g/mol. The quantitative estimate of drug-likeness (QED) is 0.837. The minimum absolute atomic E-state index is 0.185. The third-order valence-corrected chi connectivity index (χ3v) is 4.39. The van der Waals surface area contributed by atoms with Gasteiger partial charge >= 0.3 is 0 Å². The van der Waals surface area contributed by atoms with Crippen molar-refractivity contribution >= 4 is 5.91 Å². The van der Waals surface area contributed by atoms with Gasteiger partial charge in [-0.2, -0.15) is 0 Å². The Morgan fingerprint density at radius 3 is 2.65 bits per heavy atom. The summed E-state index contributed by atoms with van der Waals surface area (Å²) < 4.78 is 0. The zero-order valence-electron chi connectivity index (χ0n) is 12.7. The van der Waals surface area contributed by atoms with Crippen molar-refractivity contribution in [3.8, 4) is 0 Å². The highest BCUT2D eigenvalue weighted by Gasteiger charge is 2.39. The molecule has 0 aromatic heterocycles. The van der Waals surface area contributed by atoms with Crippen molar-refractivity contribution in [3.63, 3.8) is 0 Å². The second-order valence-electron chi connectivity index (χ2n) is 5.76. The Labute approximate surface area is 122 Å². The monoisotopic (exact) mass is 274 g/mol. The van der Waals surface area contributed by atoms with Gasteiger partial charge in [0.1, 0.15) is 0 Å². The molecule has 0 radical (unpaired) electrons. The topological polar surface area (TPSA) is 41.1 Å². The number of carbonyl (C=O) groups excluding carboxylic acids is 1. The minimum atomic E-state index is -0.185. The zero-order chi connectivity index (χ0) is 14.4. The molecule has 20 heavy (non-hydrogen) atoms. The molecule has 2 N–H and O–H groups in total. The lowest BCUT2D eigenvalue weighted by molar-refractivity contribution is -0.130. The first-order valence-electron chi connectivity index (χ1n) is 7.77. The second kappa shape index (κ2) is 6.89. The van der Waals surface area contributed by atoms with Crippen LogP contribution in [-0.2, 0) is 17.8 Å². The molecule has 1 saturated heterocycles. The van der Waals surface area contributed by atoms with Crippen LogP contribution in [0.4, 0.5) is 0 Å². The van der Waals surface area contributed by atoms with Crippen molar-refractivity contribution in [2.45, 2.75) is 46.1 Å². The van der Waals surface area contributed by atoms with Crippen LogP contribution in [-0.4, -0.2) is 19.0 Å². The van der Waals surface area contributed by atoms with Gasteiger partial charge in [0.05, 0.1) is 5.41 Å². The van der Waals surface area contributed by atoms with Crippen molar-refractivity contribution in [1.82, 2.24) is 10.6 Å². The molecule has 1 aromatic carbocycles. The smallest absolute Gasteiger partial charge is 0.227 e. The summed E-state index contributed by atoms with van der Waals surface area (Å²) >= 11 is 0. The molecule has 0 saturated carbocycles. The van der Waals surface area contributed by atoms with Gasteiger partial charge in [-0.05, 0) is 36.9 Å². The summed E-state index contributed by atoms with van der Waals surface area (Å²) in [6, 6.07) is 8.35.